The Balaban J connectivity index is 2.24. The Bertz CT molecular complexity index is 385. The lowest BCUT2D eigenvalue weighted by Gasteiger charge is -2.07. The topological polar surface area (TPSA) is 59.4 Å². The molecule has 0 atom stereocenters. The van der Waals surface area contributed by atoms with Gasteiger partial charge in [0.1, 0.15) is 5.75 Å². The van der Waals surface area contributed by atoms with E-state index in [-0.39, 0.29) is 5.69 Å². The molecule has 2 rings (SSSR count). The van der Waals surface area contributed by atoms with Crippen molar-refractivity contribution in [2.45, 2.75) is 32.3 Å². The molecule has 1 fully saturated rings. The standard InChI is InChI=1S/C11H13NO3/c1-2-7-5-9(15-8-3-4-8)6-12-10(7)11(13)14/h5-6,8H,2-4H2,1H3,(H,13,14). The fourth-order valence-electron chi connectivity index (χ4n) is 1.39. The molecule has 1 N–H and O–H groups in total. The van der Waals surface area contributed by atoms with Gasteiger partial charge < -0.3 is 9.84 Å². The van der Waals surface area contributed by atoms with Crippen molar-refractivity contribution in [2.75, 3.05) is 0 Å². The third-order valence-electron chi connectivity index (χ3n) is 2.35. The van der Waals surface area contributed by atoms with E-state index in [2.05, 4.69) is 4.98 Å². The third-order valence-corrected chi connectivity index (χ3v) is 2.35. The van der Waals surface area contributed by atoms with Gasteiger partial charge in [-0.15, -0.1) is 0 Å². The van der Waals surface area contributed by atoms with E-state index in [0.29, 0.717) is 18.3 Å². The molecule has 4 heteroatoms. The van der Waals surface area contributed by atoms with Crippen LogP contribution >= 0.6 is 0 Å². The number of aromatic carboxylic acids is 1. The van der Waals surface area contributed by atoms with Crippen molar-refractivity contribution < 1.29 is 14.6 Å². The van der Waals surface area contributed by atoms with Gasteiger partial charge in [0, 0.05) is 0 Å². The molecule has 1 aromatic rings. The molecule has 1 heterocycles. The molecule has 0 radical (unpaired) electrons. The van der Waals surface area contributed by atoms with Crippen molar-refractivity contribution in [3.05, 3.63) is 23.5 Å². The highest BCUT2D eigenvalue weighted by Gasteiger charge is 2.24. The molecule has 0 bridgehead atoms. The minimum atomic E-state index is -0.982. The summed E-state index contributed by atoms with van der Waals surface area (Å²) in [7, 11) is 0. The second-order valence-corrected chi connectivity index (χ2v) is 3.65. The summed E-state index contributed by atoms with van der Waals surface area (Å²) >= 11 is 0. The maximum absolute atomic E-state index is 10.8. The molecule has 0 aromatic carbocycles. The van der Waals surface area contributed by atoms with Crippen LogP contribution in [-0.4, -0.2) is 22.2 Å². The molecule has 80 valence electrons. The first-order chi connectivity index (χ1) is 7.20. The molecule has 0 saturated heterocycles. The molecule has 1 aromatic heterocycles. The summed E-state index contributed by atoms with van der Waals surface area (Å²) in [5.74, 6) is -0.302. The summed E-state index contributed by atoms with van der Waals surface area (Å²) in [6, 6.07) is 1.77. The van der Waals surface area contributed by atoms with Gasteiger partial charge in [-0.05, 0) is 30.9 Å². The highest BCUT2D eigenvalue weighted by molar-refractivity contribution is 5.87. The number of carbonyl (C=O) groups is 1. The second kappa shape index (κ2) is 3.88. The van der Waals surface area contributed by atoms with Gasteiger partial charge in [-0.1, -0.05) is 6.92 Å². The van der Waals surface area contributed by atoms with Crippen LogP contribution < -0.4 is 4.74 Å². The highest BCUT2D eigenvalue weighted by atomic mass is 16.5. The maximum Gasteiger partial charge on any atom is 0.354 e. The molecule has 1 aliphatic rings. The number of aromatic nitrogens is 1. The SMILES string of the molecule is CCc1cc(OC2CC2)cnc1C(=O)O. The van der Waals surface area contributed by atoms with Crippen LogP contribution in [0.25, 0.3) is 0 Å². The first-order valence-corrected chi connectivity index (χ1v) is 5.09. The molecular formula is C11H13NO3. The van der Waals surface area contributed by atoms with Gasteiger partial charge in [0.15, 0.2) is 5.69 Å². The zero-order chi connectivity index (χ0) is 10.8. The zero-order valence-electron chi connectivity index (χ0n) is 8.56. The van der Waals surface area contributed by atoms with Crippen molar-refractivity contribution in [1.82, 2.24) is 4.98 Å². The fourth-order valence-corrected chi connectivity index (χ4v) is 1.39. The predicted molar refractivity (Wildman–Crippen MR) is 54.2 cm³/mol. The van der Waals surface area contributed by atoms with E-state index in [1.165, 1.54) is 6.20 Å². The highest BCUT2D eigenvalue weighted by Crippen LogP contribution is 2.27. The average Bonchev–Trinajstić information content (AvgIpc) is 3.01. The number of carboxylic acid groups (broad SMARTS) is 1. The second-order valence-electron chi connectivity index (χ2n) is 3.65. The Morgan fingerprint density at radius 1 is 1.67 bits per heavy atom. The van der Waals surface area contributed by atoms with Crippen molar-refractivity contribution in [2.24, 2.45) is 0 Å². The molecule has 0 amide bonds. The van der Waals surface area contributed by atoms with Gasteiger partial charge in [-0.25, -0.2) is 9.78 Å². The smallest absolute Gasteiger partial charge is 0.354 e. The van der Waals surface area contributed by atoms with E-state index < -0.39 is 5.97 Å². The number of nitrogens with zero attached hydrogens (tertiary/aromatic N) is 1. The summed E-state index contributed by atoms with van der Waals surface area (Å²) in [4.78, 5) is 14.7. The molecule has 0 unspecified atom stereocenters. The number of ether oxygens (including phenoxy) is 1. The molecule has 0 spiro atoms. The van der Waals surface area contributed by atoms with Gasteiger partial charge in [0.05, 0.1) is 12.3 Å². The van der Waals surface area contributed by atoms with Crippen LogP contribution in [0.15, 0.2) is 12.3 Å². The Hall–Kier alpha value is -1.58. The predicted octanol–water partition coefficient (Wildman–Crippen LogP) is 1.88. The molecule has 0 aliphatic heterocycles. The van der Waals surface area contributed by atoms with E-state index in [1.54, 1.807) is 6.07 Å². The summed E-state index contributed by atoms with van der Waals surface area (Å²) in [5.41, 5.74) is 0.848. The first-order valence-electron chi connectivity index (χ1n) is 5.09. The van der Waals surface area contributed by atoms with Gasteiger partial charge in [-0.3, -0.25) is 0 Å². The number of hydrogen-bond donors (Lipinski definition) is 1. The largest absolute Gasteiger partial charge is 0.489 e. The minimum Gasteiger partial charge on any atom is -0.489 e. The Labute approximate surface area is 87.9 Å². The van der Waals surface area contributed by atoms with Crippen LogP contribution in [0.1, 0.15) is 35.8 Å². The van der Waals surface area contributed by atoms with Crippen molar-refractivity contribution >= 4 is 5.97 Å². The van der Waals surface area contributed by atoms with Gasteiger partial charge >= 0.3 is 5.97 Å². The lowest BCUT2D eigenvalue weighted by molar-refractivity contribution is 0.0689. The normalized spacial score (nSPS) is 15.0. The van der Waals surface area contributed by atoms with E-state index in [9.17, 15) is 4.79 Å². The van der Waals surface area contributed by atoms with Crippen LogP contribution in [0.4, 0.5) is 0 Å². The van der Waals surface area contributed by atoms with Crippen LogP contribution in [-0.2, 0) is 6.42 Å². The molecule has 1 saturated carbocycles. The lowest BCUT2D eigenvalue weighted by atomic mass is 10.1. The Morgan fingerprint density at radius 2 is 2.40 bits per heavy atom. The van der Waals surface area contributed by atoms with E-state index in [0.717, 1.165) is 18.4 Å². The number of carboxylic acids is 1. The van der Waals surface area contributed by atoms with Crippen LogP contribution in [0.5, 0.6) is 5.75 Å². The number of pyridine rings is 1. The average molecular weight is 207 g/mol. The molecule has 15 heavy (non-hydrogen) atoms. The summed E-state index contributed by atoms with van der Waals surface area (Å²) in [6.07, 6.45) is 4.62. The van der Waals surface area contributed by atoms with Crippen molar-refractivity contribution in [3.63, 3.8) is 0 Å². The Kier molecular flexibility index (Phi) is 2.58. The van der Waals surface area contributed by atoms with Gasteiger partial charge in [0.25, 0.3) is 0 Å². The number of hydrogen-bond acceptors (Lipinski definition) is 3. The van der Waals surface area contributed by atoms with Crippen molar-refractivity contribution in [3.8, 4) is 5.75 Å². The lowest BCUT2D eigenvalue weighted by Crippen LogP contribution is -2.06. The van der Waals surface area contributed by atoms with E-state index >= 15 is 0 Å². The van der Waals surface area contributed by atoms with Crippen molar-refractivity contribution in [1.29, 1.82) is 0 Å². The number of rotatable bonds is 4. The monoisotopic (exact) mass is 207 g/mol. The van der Waals surface area contributed by atoms with E-state index in [1.807, 2.05) is 6.92 Å². The van der Waals surface area contributed by atoms with Gasteiger partial charge in [0.2, 0.25) is 0 Å². The van der Waals surface area contributed by atoms with Crippen LogP contribution in [0.3, 0.4) is 0 Å². The Morgan fingerprint density at radius 3 is 2.93 bits per heavy atom. The summed E-state index contributed by atoms with van der Waals surface area (Å²) < 4.78 is 5.55. The fraction of sp³-hybridized carbons (Fsp3) is 0.455. The van der Waals surface area contributed by atoms with Crippen LogP contribution in [0.2, 0.25) is 0 Å². The van der Waals surface area contributed by atoms with Gasteiger partial charge in [-0.2, -0.15) is 0 Å². The van der Waals surface area contributed by atoms with Crippen LogP contribution in [0, 0.1) is 0 Å². The molecule has 4 nitrogen and oxygen atoms in total. The number of aryl methyl sites for hydroxylation is 1. The molecule has 1 aliphatic carbocycles. The summed E-state index contributed by atoms with van der Waals surface area (Å²) in [6.45, 7) is 1.91. The third kappa shape index (κ3) is 2.26. The van der Waals surface area contributed by atoms with E-state index in [4.69, 9.17) is 9.84 Å². The maximum atomic E-state index is 10.8. The quantitative estimate of drug-likeness (QED) is 0.818. The minimum absolute atomic E-state index is 0.126. The zero-order valence-corrected chi connectivity index (χ0v) is 8.56. The molecular weight excluding hydrogens is 194 g/mol. The summed E-state index contributed by atoms with van der Waals surface area (Å²) in [5, 5.41) is 8.88. The first kappa shape index (κ1) is 9.96.